The summed E-state index contributed by atoms with van der Waals surface area (Å²) in [5.41, 5.74) is 19.0. The van der Waals surface area contributed by atoms with Gasteiger partial charge in [0.05, 0.1) is 5.41 Å². The molecule has 1 aliphatic carbocycles. The highest BCUT2D eigenvalue weighted by atomic mass is 16.3. The summed E-state index contributed by atoms with van der Waals surface area (Å²) in [6.45, 7) is 0. The van der Waals surface area contributed by atoms with Crippen molar-refractivity contribution in [1.29, 1.82) is 0 Å². The molecule has 11 aromatic rings. The molecule has 10 aromatic carbocycles. The van der Waals surface area contributed by atoms with Crippen LogP contribution in [0.15, 0.2) is 253 Å². The number of nitrogens with zero attached hydrogens (tertiary/aromatic N) is 1. The van der Waals surface area contributed by atoms with E-state index < -0.39 is 5.41 Å². The molecule has 0 aliphatic heterocycles. The molecule has 1 aliphatic rings. The topological polar surface area (TPSA) is 16.4 Å². The average molecular weight is 804 g/mol. The number of anilines is 3. The minimum atomic E-state index is -0.559. The van der Waals surface area contributed by atoms with Gasteiger partial charge in [-0.05, 0) is 110 Å². The van der Waals surface area contributed by atoms with Crippen molar-refractivity contribution in [3.63, 3.8) is 0 Å². The van der Waals surface area contributed by atoms with Crippen LogP contribution in [0.25, 0.3) is 66.4 Å². The molecule has 0 spiro atoms. The van der Waals surface area contributed by atoms with Crippen LogP contribution in [0.2, 0.25) is 0 Å². The Hall–Kier alpha value is -8.20. The van der Waals surface area contributed by atoms with E-state index in [1.54, 1.807) is 0 Å². The summed E-state index contributed by atoms with van der Waals surface area (Å²) in [4.78, 5) is 2.35. The van der Waals surface area contributed by atoms with Crippen LogP contribution in [0.1, 0.15) is 22.3 Å². The van der Waals surface area contributed by atoms with Crippen molar-refractivity contribution >= 4 is 39.0 Å². The van der Waals surface area contributed by atoms with E-state index in [2.05, 4.69) is 254 Å². The number of rotatable bonds is 8. The summed E-state index contributed by atoms with van der Waals surface area (Å²) in [5.74, 6) is 0. The van der Waals surface area contributed by atoms with E-state index >= 15 is 0 Å². The minimum Gasteiger partial charge on any atom is -0.456 e. The van der Waals surface area contributed by atoms with Gasteiger partial charge >= 0.3 is 0 Å². The van der Waals surface area contributed by atoms with Gasteiger partial charge in [-0.2, -0.15) is 0 Å². The van der Waals surface area contributed by atoms with Crippen LogP contribution in [0.3, 0.4) is 0 Å². The lowest BCUT2D eigenvalue weighted by Crippen LogP contribution is -2.28. The van der Waals surface area contributed by atoms with Crippen LogP contribution in [0.4, 0.5) is 17.1 Å². The van der Waals surface area contributed by atoms with Crippen molar-refractivity contribution in [2.24, 2.45) is 0 Å². The average Bonchev–Trinajstić information content (AvgIpc) is 3.88. The minimum absolute atomic E-state index is 0.559. The van der Waals surface area contributed by atoms with Gasteiger partial charge in [-0.1, -0.05) is 200 Å². The Kier molecular flexibility index (Phi) is 8.76. The monoisotopic (exact) mass is 803 g/mol. The molecule has 12 rings (SSSR count). The summed E-state index contributed by atoms with van der Waals surface area (Å²) in [6.07, 6.45) is 0. The molecule has 0 saturated carbocycles. The molecule has 0 amide bonds. The Morgan fingerprint density at radius 1 is 0.317 bits per heavy atom. The fraction of sp³-hybridized carbons (Fsp3) is 0.0164. The second-order valence-electron chi connectivity index (χ2n) is 16.4. The molecule has 0 N–H and O–H groups in total. The van der Waals surface area contributed by atoms with Gasteiger partial charge in [-0.3, -0.25) is 0 Å². The summed E-state index contributed by atoms with van der Waals surface area (Å²) >= 11 is 0. The molecule has 0 bridgehead atoms. The predicted octanol–water partition coefficient (Wildman–Crippen LogP) is 16.4. The molecule has 2 nitrogen and oxygen atoms in total. The van der Waals surface area contributed by atoms with E-state index in [4.69, 9.17) is 4.42 Å². The van der Waals surface area contributed by atoms with Crippen molar-refractivity contribution in [3.8, 4) is 44.5 Å². The van der Waals surface area contributed by atoms with Crippen LogP contribution in [0.5, 0.6) is 0 Å². The quantitative estimate of drug-likeness (QED) is 0.152. The Labute approximate surface area is 367 Å². The van der Waals surface area contributed by atoms with E-state index in [0.29, 0.717) is 0 Å². The normalized spacial score (nSPS) is 12.6. The molecule has 1 heterocycles. The maximum atomic E-state index is 7.03. The van der Waals surface area contributed by atoms with Crippen molar-refractivity contribution in [2.75, 3.05) is 4.90 Å². The van der Waals surface area contributed by atoms with Crippen LogP contribution < -0.4 is 4.90 Å². The van der Waals surface area contributed by atoms with Gasteiger partial charge < -0.3 is 9.32 Å². The second kappa shape index (κ2) is 15.1. The molecule has 2 heteroatoms. The molecule has 0 radical (unpaired) electrons. The second-order valence-corrected chi connectivity index (χ2v) is 16.4. The maximum absolute atomic E-state index is 7.03. The largest absolute Gasteiger partial charge is 0.456 e. The Bertz CT molecular complexity index is 3360. The SMILES string of the molecule is c1ccc(-c2ccc(-c3ccc(N(c4ccccc4)c4ccc5oc6cc7c(c(-c8ccccc8)c6c5c4)-c4ccccc4C7(c4ccccc4)c4ccccc4)cc3)cc2)cc1. The van der Waals surface area contributed by atoms with Crippen LogP contribution in [-0.4, -0.2) is 0 Å². The molecular weight excluding hydrogens is 763 g/mol. The molecule has 0 atom stereocenters. The van der Waals surface area contributed by atoms with Crippen molar-refractivity contribution in [3.05, 3.63) is 271 Å². The van der Waals surface area contributed by atoms with Crippen molar-refractivity contribution in [2.45, 2.75) is 5.41 Å². The maximum Gasteiger partial charge on any atom is 0.136 e. The van der Waals surface area contributed by atoms with E-state index in [1.165, 1.54) is 61.2 Å². The molecule has 1 aromatic heterocycles. The van der Waals surface area contributed by atoms with Gasteiger partial charge in [0.2, 0.25) is 0 Å². The zero-order valence-corrected chi connectivity index (χ0v) is 34.5. The third kappa shape index (κ3) is 5.95. The number of hydrogen-bond acceptors (Lipinski definition) is 2. The van der Waals surface area contributed by atoms with Crippen LogP contribution >= 0.6 is 0 Å². The number of fused-ring (bicyclic) bond motifs is 6. The lowest BCUT2D eigenvalue weighted by molar-refractivity contribution is 0.666. The van der Waals surface area contributed by atoms with E-state index in [-0.39, 0.29) is 0 Å². The Morgan fingerprint density at radius 2 is 0.778 bits per heavy atom. The summed E-state index contributed by atoms with van der Waals surface area (Å²) in [6, 6.07) is 89.9. The number of benzene rings is 10. The smallest absolute Gasteiger partial charge is 0.136 e. The highest BCUT2D eigenvalue weighted by Gasteiger charge is 2.47. The summed E-state index contributed by atoms with van der Waals surface area (Å²) in [7, 11) is 0. The first kappa shape index (κ1) is 36.6. The number of furan rings is 1. The first-order chi connectivity index (χ1) is 31.3. The van der Waals surface area contributed by atoms with Crippen molar-refractivity contribution < 1.29 is 4.42 Å². The lowest BCUT2D eigenvalue weighted by atomic mass is 9.67. The van der Waals surface area contributed by atoms with Gasteiger partial charge in [0.1, 0.15) is 11.2 Å². The number of hydrogen-bond donors (Lipinski definition) is 0. The van der Waals surface area contributed by atoms with Gasteiger partial charge in [-0.25, -0.2) is 0 Å². The fourth-order valence-corrected chi connectivity index (χ4v) is 10.2. The fourth-order valence-electron chi connectivity index (χ4n) is 10.2. The molecule has 0 saturated heterocycles. The zero-order valence-electron chi connectivity index (χ0n) is 34.5. The van der Waals surface area contributed by atoms with E-state index in [9.17, 15) is 0 Å². The lowest BCUT2D eigenvalue weighted by Gasteiger charge is -2.34. The summed E-state index contributed by atoms with van der Waals surface area (Å²) in [5, 5.41) is 2.19. The Morgan fingerprint density at radius 3 is 1.38 bits per heavy atom. The standard InChI is InChI=1S/C61H41NO/c1-6-18-42(19-7-1)43-30-32-44(33-31-43)45-34-36-50(37-35-45)62(49-26-14-5-15-27-49)51-38-39-56-53(40-51)60-57(63-56)41-55-59(58(60)46-20-8-2-9-21-46)52-28-16-17-29-54(52)61(55,47-22-10-3-11-23-47)48-24-12-4-13-25-48/h1-41H. The molecule has 0 unspecified atom stereocenters. The first-order valence-corrected chi connectivity index (χ1v) is 21.7. The van der Waals surface area contributed by atoms with Gasteiger partial charge in [0.15, 0.2) is 0 Å². The van der Waals surface area contributed by atoms with Gasteiger partial charge in [-0.15, -0.1) is 0 Å². The molecule has 0 fully saturated rings. The highest BCUT2D eigenvalue weighted by molar-refractivity contribution is 6.18. The van der Waals surface area contributed by atoms with E-state index in [1.807, 2.05) is 0 Å². The first-order valence-electron chi connectivity index (χ1n) is 21.7. The van der Waals surface area contributed by atoms with Crippen LogP contribution in [-0.2, 0) is 5.41 Å². The molecule has 296 valence electrons. The highest BCUT2D eigenvalue weighted by Crippen LogP contribution is 2.60. The predicted molar refractivity (Wildman–Crippen MR) is 262 cm³/mol. The Balaban J connectivity index is 1.06. The third-order valence-corrected chi connectivity index (χ3v) is 12.9. The van der Waals surface area contributed by atoms with Gasteiger partial charge in [0.25, 0.3) is 0 Å². The zero-order chi connectivity index (χ0) is 41.7. The number of para-hydroxylation sites is 1. The van der Waals surface area contributed by atoms with Crippen LogP contribution in [0, 0.1) is 0 Å². The van der Waals surface area contributed by atoms with E-state index in [0.717, 1.165) is 44.6 Å². The van der Waals surface area contributed by atoms with Crippen molar-refractivity contribution in [1.82, 2.24) is 0 Å². The molecule has 63 heavy (non-hydrogen) atoms. The van der Waals surface area contributed by atoms with Gasteiger partial charge in [0, 0.05) is 33.4 Å². The molecular formula is C61H41NO. The third-order valence-electron chi connectivity index (χ3n) is 12.9. The summed E-state index contributed by atoms with van der Waals surface area (Å²) < 4.78 is 7.03.